The first kappa shape index (κ1) is 16.5. The molecule has 2 aliphatic heterocycles. The SMILES string of the molecule is O=C1CC(=O)N(N=NN2C(=O)CC(=O)NC2=O)C(=O)N1.[Zn]. The molecule has 0 saturated carbocycles. The quantitative estimate of drug-likeness (QED) is 0.341. The van der Waals surface area contributed by atoms with Crippen molar-refractivity contribution in [2.75, 3.05) is 0 Å². The van der Waals surface area contributed by atoms with Gasteiger partial charge in [0.05, 0.1) is 0 Å². The summed E-state index contributed by atoms with van der Waals surface area (Å²) in [5.74, 6) is -3.54. The monoisotopic (exact) mass is 346 g/mol. The molecule has 0 radical (unpaired) electrons. The molecular weight excluding hydrogens is 342 g/mol. The number of imide groups is 4. The molecule has 2 rings (SSSR count). The van der Waals surface area contributed by atoms with E-state index < -0.39 is 48.5 Å². The van der Waals surface area contributed by atoms with Crippen molar-refractivity contribution >= 4 is 35.7 Å². The Balaban J connectivity index is 0.00000220. The number of barbiturate groups is 2. The van der Waals surface area contributed by atoms with Gasteiger partial charge in [-0.15, -0.1) is 10.0 Å². The van der Waals surface area contributed by atoms with Crippen LogP contribution >= 0.6 is 0 Å². The number of carbonyl (C=O) groups is 6. The average molecular weight is 348 g/mol. The summed E-state index contributed by atoms with van der Waals surface area (Å²) < 4.78 is 0. The Hall–Kier alpha value is -2.56. The normalized spacial score (nSPS) is 19.6. The van der Waals surface area contributed by atoms with Crippen LogP contribution in [0.2, 0.25) is 0 Å². The van der Waals surface area contributed by atoms with Gasteiger partial charge in [-0.1, -0.05) is 0 Å². The van der Waals surface area contributed by atoms with Gasteiger partial charge in [0.15, 0.2) is 0 Å². The molecule has 2 aliphatic rings. The van der Waals surface area contributed by atoms with Gasteiger partial charge in [-0.3, -0.25) is 29.8 Å². The summed E-state index contributed by atoms with van der Waals surface area (Å²) in [6.07, 6.45) is -1.24. The second kappa shape index (κ2) is 6.26. The second-order valence-corrected chi connectivity index (χ2v) is 3.65. The Bertz CT molecular complexity index is 498. The molecule has 2 fully saturated rings. The van der Waals surface area contributed by atoms with E-state index in [2.05, 4.69) is 10.4 Å². The van der Waals surface area contributed by atoms with Crippen molar-refractivity contribution in [3.63, 3.8) is 0 Å². The van der Waals surface area contributed by atoms with E-state index >= 15 is 0 Å². The predicted molar refractivity (Wildman–Crippen MR) is 54.9 cm³/mol. The van der Waals surface area contributed by atoms with Crippen molar-refractivity contribution in [1.29, 1.82) is 0 Å². The van der Waals surface area contributed by atoms with Crippen LogP contribution in [-0.4, -0.2) is 45.7 Å². The van der Waals surface area contributed by atoms with Crippen LogP contribution in [0, 0.1) is 0 Å². The van der Waals surface area contributed by atoms with E-state index in [0.717, 1.165) is 0 Å². The first-order valence-corrected chi connectivity index (χ1v) is 5.13. The second-order valence-electron chi connectivity index (χ2n) is 3.65. The molecule has 13 heteroatoms. The van der Waals surface area contributed by atoms with Gasteiger partial charge >= 0.3 is 12.1 Å². The van der Waals surface area contributed by atoms with Crippen LogP contribution in [0.15, 0.2) is 10.4 Å². The molecule has 0 aromatic heterocycles. The van der Waals surface area contributed by atoms with Crippen LogP contribution in [0.4, 0.5) is 9.59 Å². The maximum absolute atomic E-state index is 11.3. The molecule has 0 atom stereocenters. The molecule has 0 aliphatic carbocycles. The Morgan fingerprint density at radius 2 is 1.05 bits per heavy atom. The van der Waals surface area contributed by atoms with Gasteiger partial charge in [0, 0.05) is 19.5 Å². The minimum absolute atomic E-state index is 0. The summed E-state index contributed by atoms with van der Waals surface area (Å²) >= 11 is 0. The summed E-state index contributed by atoms with van der Waals surface area (Å²) in [5.41, 5.74) is 0. The molecule has 12 nitrogen and oxygen atoms in total. The molecule has 2 saturated heterocycles. The fraction of sp³-hybridized carbons (Fsp3) is 0.250. The fourth-order valence-electron chi connectivity index (χ4n) is 1.34. The summed E-state index contributed by atoms with van der Waals surface area (Å²) in [5, 5.41) is 10.2. The minimum atomic E-state index is -1.16. The van der Waals surface area contributed by atoms with Gasteiger partial charge < -0.3 is 0 Å². The third-order valence-corrected chi connectivity index (χ3v) is 2.19. The maximum Gasteiger partial charge on any atom is 0.353 e. The third kappa shape index (κ3) is 3.51. The van der Waals surface area contributed by atoms with Crippen LogP contribution < -0.4 is 10.6 Å². The molecule has 21 heavy (non-hydrogen) atoms. The van der Waals surface area contributed by atoms with E-state index in [1.165, 1.54) is 0 Å². The number of hydrogen-bond acceptors (Lipinski definition) is 8. The van der Waals surface area contributed by atoms with Gasteiger partial charge in [0.1, 0.15) is 12.8 Å². The van der Waals surface area contributed by atoms with Crippen LogP contribution in [0.3, 0.4) is 0 Å². The van der Waals surface area contributed by atoms with Gasteiger partial charge in [0.2, 0.25) is 11.8 Å². The minimum Gasteiger partial charge on any atom is -0.276 e. The molecule has 106 valence electrons. The van der Waals surface area contributed by atoms with Crippen molar-refractivity contribution in [1.82, 2.24) is 20.7 Å². The number of urea groups is 2. The molecule has 0 aromatic carbocycles. The first-order chi connectivity index (χ1) is 9.38. The summed E-state index contributed by atoms with van der Waals surface area (Å²) in [7, 11) is 0. The zero-order valence-corrected chi connectivity index (χ0v) is 13.3. The van der Waals surface area contributed by atoms with E-state index in [9.17, 15) is 28.8 Å². The van der Waals surface area contributed by atoms with Gasteiger partial charge in [-0.05, 0) is 10.4 Å². The largest absolute Gasteiger partial charge is 0.353 e. The molecule has 0 bridgehead atoms. The average Bonchev–Trinajstić information content (AvgIpc) is 2.30. The number of rotatable bonds is 2. The Morgan fingerprint density at radius 3 is 1.33 bits per heavy atom. The predicted octanol–water partition coefficient (Wildman–Crippen LogP) is -1.80. The third-order valence-electron chi connectivity index (χ3n) is 2.19. The first-order valence-electron chi connectivity index (χ1n) is 5.13. The van der Waals surface area contributed by atoms with Crippen molar-refractivity contribution in [3.8, 4) is 0 Å². The smallest absolute Gasteiger partial charge is 0.276 e. The number of carbonyl (C=O) groups excluding carboxylic acids is 6. The van der Waals surface area contributed by atoms with Crippen LogP contribution in [-0.2, 0) is 38.7 Å². The molecule has 2 N–H and O–H groups in total. The summed E-state index contributed by atoms with van der Waals surface area (Å²) in [6.45, 7) is 0. The Morgan fingerprint density at radius 1 is 0.714 bits per heavy atom. The van der Waals surface area contributed by atoms with Crippen molar-refractivity contribution in [3.05, 3.63) is 0 Å². The molecule has 2 heterocycles. The number of hydrogen-bond donors (Lipinski definition) is 2. The van der Waals surface area contributed by atoms with E-state index in [1.54, 1.807) is 10.6 Å². The van der Waals surface area contributed by atoms with Crippen molar-refractivity contribution < 1.29 is 48.2 Å². The van der Waals surface area contributed by atoms with Crippen molar-refractivity contribution in [2.24, 2.45) is 10.4 Å². The fourth-order valence-corrected chi connectivity index (χ4v) is 1.34. The van der Waals surface area contributed by atoms with E-state index in [1.807, 2.05) is 0 Å². The van der Waals surface area contributed by atoms with Crippen LogP contribution in [0.25, 0.3) is 0 Å². The molecule has 0 spiro atoms. The van der Waals surface area contributed by atoms with Gasteiger partial charge in [-0.2, -0.15) is 0 Å². The molecular formula is C8H6N6O6Zn. The number of nitrogens with zero attached hydrogens (tertiary/aromatic N) is 4. The zero-order valence-electron chi connectivity index (χ0n) is 10.4. The van der Waals surface area contributed by atoms with E-state index in [4.69, 9.17) is 0 Å². The summed E-state index contributed by atoms with van der Waals surface area (Å²) in [4.78, 5) is 66.9. The Kier molecular flexibility index (Phi) is 4.92. The maximum atomic E-state index is 11.3. The number of amides is 8. The molecule has 0 unspecified atom stereocenters. The van der Waals surface area contributed by atoms with Gasteiger partial charge in [0.25, 0.3) is 11.8 Å². The topological polar surface area (TPSA) is 158 Å². The van der Waals surface area contributed by atoms with Gasteiger partial charge in [-0.25, -0.2) is 9.59 Å². The standard InChI is InChI=1S/C8H6N6O6.Zn/c15-3-1-5(17)13(7(19)9-3)11-12-14-6(18)2-4(16)10-8(14)20;/h1-2H2,(H,9,15,19)(H,10,16,20);. The molecule has 8 amide bonds. The van der Waals surface area contributed by atoms with Crippen LogP contribution in [0.1, 0.15) is 12.8 Å². The van der Waals surface area contributed by atoms with E-state index in [-0.39, 0.29) is 29.5 Å². The number of nitrogens with one attached hydrogen (secondary N) is 2. The van der Waals surface area contributed by atoms with Crippen molar-refractivity contribution in [2.45, 2.75) is 12.8 Å². The van der Waals surface area contributed by atoms with Crippen LogP contribution in [0.5, 0.6) is 0 Å². The summed E-state index contributed by atoms with van der Waals surface area (Å²) in [6, 6.07) is -2.31. The molecule has 0 aromatic rings. The van der Waals surface area contributed by atoms with E-state index in [0.29, 0.717) is 0 Å². The Labute approximate surface area is 128 Å². The zero-order chi connectivity index (χ0) is 14.9.